The fourth-order valence-corrected chi connectivity index (χ4v) is 5.56. The maximum absolute atomic E-state index is 13.8. The first-order valence-corrected chi connectivity index (χ1v) is 13.0. The molecular weight excluding hydrogens is 460 g/mol. The molecule has 3 aliphatic rings. The number of carbonyl (C=O) groups is 4. The van der Waals surface area contributed by atoms with Gasteiger partial charge in [0, 0.05) is 31.6 Å². The Kier molecular flexibility index (Phi) is 8.13. The van der Waals surface area contributed by atoms with Crippen LogP contribution in [-0.2, 0) is 14.4 Å². The van der Waals surface area contributed by atoms with Gasteiger partial charge in [0.15, 0.2) is 0 Å². The van der Waals surface area contributed by atoms with Gasteiger partial charge < -0.3 is 31.1 Å². The Bertz CT molecular complexity index is 972. The average molecular weight is 499 g/mol. The van der Waals surface area contributed by atoms with Crippen LogP contribution in [-0.4, -0.2) is 90.9 Å². The Labute approximate surface area is 212 Å². The fraction of sp³-hybridized carbons (Fsp3) is 0.615. The van der Waals surface area contributed by atoms with Gasteiger partial charge in [-0.25, -0.2) is 4.79 Å². The highest BCUT2D eigenvalue weighted by atomic mass is 16.2. The number of carbonyl (C=O) groups excluding carboxylic acids is 4. The van der Waals surface area contributed by atoms with E-state index in [0.717, 1.165) is 12.8 Å². The first-order valence-electron chi connectivity index (χ1n) is 13.0. The zero-order chi connectivity index (χ0) is 25.8. The molecule has 36 heavy (non-hydrogen) atoms. The third kappa shape index (κ3) is 5.33. The van der Waals surface area contributed by atoms with Gasteiger partial charge in [-0.15, -0.1) is 0 Å². The van der Waals surface area contributed by atoms with Gasteiger partial charge in [-0.3, -0.25) is 14.4 Å². The highest BCUT2D eigenvalue weighted by Gasteiger charge is 2.46. The number of hydrogen-bond acceptors (Lipinski definition) is 5. The summed E-state index contributed by atoms with van der Waals surface area (Å²) in [5, 5.41) is 11.5. The van der Waals surface area contributed by atoms with E-state index in [1.54, 1.807) is 30.8 Å². The monoisotopic (exact) mass is 498 g/mol. The average Bonchev–Trinajstić information content (AvgIpc) is 3.30. The summed E-state index contributed by atoms with van der Waals surface area (Å²) >= 11 is 0. The van der Waals surface area contributed by atoms with E-state index in [0.29, 0.717) is 25.8 Å². The standard InChI is InChI=1S/C26H38N6O4/c1-16(27-2)23(33)30-21-15-31(26(36)28-3)14-13-18-9-12-22(32(18)25(21)35)24(34)29-20-11-10-19(20)17-7-5-4-6-8-17/h4-8,16,18-22,27H,9-15H2,1-3H3,(H,28,36)(H,29,34)(H,30,33)/t16-,18+,19+,20-,21?,22-/m0/s1. The van der Waals surface area contributed by atoms with Gasteiger partial charge in [-0.05, 0) is 51.6 Å². The predicted molar refractivity (Wildman–Crippen MR) is 135 cm³/mol. The van der Waals surface area contributed by atoms with Gasteiger partial charge >= 0.3 is 6.03 Å². The van der Waals surface area contributed by atoms with Crippen LogP contribution in [0.2, 0.25) is 0 Å². The lowest BCUT2D eigenvalue weighted by molar-refractivity contribution is -0.145. The van der Waals surface area contributed by atoms with Crippen molar-refractivity contribution in [2.24, 2.45) is 0 Å². The van der Waals surface area contributed by atoms with E-state index in [4.69, 9.17) is 0 Å². The summed E-state index contributed by atoms with van der Waals surface area (Å²) in [4.78, 5) is 55.6. The van der Waals surface area contributed by atoms with E-state index >= 15 is 0 Å². The normalized spacial score (nSPS) is 28.8. The van der Waals surface area contributed by atoms with Crippen LogP contribution in [0.15, 0.2) is 30.3 Å². The van der Waals surface area contributed by atoms with Crippen molar-refractivity contribution in [3.8, 4) is 0 Å². The van der Waals surface area contributed by atoms with Crippen LogP contribution in [0.1, 0.15) is 50.5 Å². The first-order chi connectivity index (χ1) is 17.3. The number of nitrogens with zero attached hydrogens (tertiary/aromatic N) is 2. The molecule has 1 aliphatic carbocycles. The highest BCUT2D eigenvalue weighted by Crippen LogP contribution is 2.37. The number of likely N-dealkylation sites (N-methyl/N-ethyl adjacent to an activating group) is 1. The Morgan fingerprint density at radius 2 is 1.72 bits per heavy atom. The van der Waals surface area contributed by atoms with E-state index in [1.165, 1.54) is 5.56 Å². The maximum atomic E-state index is 13.8. The third-order valence-electron chi connectivity index (χ3n) is 7.97. The first kappa shape index (κ1) is 25.9. The number of nitrogens with one attached hydrogen (secondary N) is 4. The number of urea groups is 1. The van der Waals surface area contributed by atoms with Crippen molar-refractivity contribution >= 4 is 23.8 Å². The minimum atomic E-state index is -0.928. The Balaban J connectivity index is 1.50. The molecule has 4 rings (SSSR count). The molecule has 3 fully saturated rings. The van der Waals surface area contributed by atoms with Gasteiger partial charge in [-0.2, -0.15) is 0 Å². The molecule has 0 spiro atoms. The topological polar surface area (TPSA) is 123 Å². The van der Waals surface area contributed by atoms with Crippen molar-refractivity contribution in [2.45, 2.75) is 75.2 Å². The zero-order valence-electron chi connectivity index (χ0n) is 21.3. The molecule has 1 unspecified atom stereocenters. The van der Waals surface area contributed by atoms with Crippen LogP contribution in [0.4, 0.5) is 4.79 Å². The van der Waals surface area contributed by atoms with Crippen molar-refractivity contribution in [3.05, 3.63) is 35.9 Å². The van der Waals surface area contributed by atoms with Gasteiger partial charge in [0.25, 0.3) is 0 Å². The molecule has 1 aromatic carbocycles. The second-order valence-corrected chi connectivity index (χ2v) is 10.1. The summed E-state index contributed by atoms with van der Waals surface area (Å²) in [5.74, 6) is -0.484. The van der Waals surface area contributed by atoms with E-state index in [-0.39, 0.29) is 48.3 Å². The van der Waals surface area contributed by atoms with Gasteiger partial charge in [0.05, 0.1) is 12.6 Å². The summed E-state index contributed by atoms with van der Waals surface area (Å²) < 4.78 is 0. The number of hydrogen-bond donors (Lipinski definition) is 4. The van der Waals surface area contributed by atoms with Crippen LogP contribution in [0.25, 0.3) is 0 Å². The van der Waals surface area contributed by atoms with Crippen LogP contribution >= 0.6 is 0 Å². The third-order valence-corrected chi connectivity index (χ3v) is 7.97. The summed E-state index contributed by atoms with van der Waals surface area (Å²) in [6.45, 7) is 2.20. The number of rotatable bonds is 6. The Hall–Kier alpha value is -3.14. The van der Waals surface area contributed by atoms with Gasteiger partial charge in [0.2, 0.25) is 17.7 Å². The second kappa shape index (κ2) is 11.3. The molecule has 0 bridgehead atoms. The predicted octanol–water partition coefficient (Wildman–Crippen LogP) is 0.546. The molecule has 2 aliphatic heterocycles. The molecule has 0 aromatic heterocycles. The summed E-state index contributed by atoms with van der Waals surface area (Å²) in [7, 11) is 3.21. The number of amides is 5. The largest absolute Gasteiger partial charge is 0.351 e. The smallest absolute Gasteiger partial charge is 0.317 e. The highest BCUT2D eigenvalue weighted by molar-refractivity contribution is 5.94. The van der Waals surface area contributed by atoms with Crippen LogP contribution in [0.5, 0.6) is 0 Å². The lowest BCUT2D eigenvalue weighted by Gasteiger charge is -2.41. The molecule has 6 atom stereocenters. The summed E-state index contributed by atoms with van der Waals surface area (Å²) in [6, 6.07) is 7.79. The molecule has 196 valence electrons. The van der Waals surface area contributed by atoms with Crippen molar-refractivity contribution in [1.82, 2.24) is 31.1 Å². The van der Waals surface area contributed by atoms with Crippen molar-refractivity contribution in [3.63, 3.8) is 0 Å². The molecule has 5 amide bonds. The minimum Gasteiger partial charge on any atom is -0.351 e. The quantitative estimate of drug-likeness (QED) is 0.456. The molecular formula is C26H38N6O4. The van der Waals surface area contributed by atoms with Crippen molar-refractivity contribution in [2.75, 3.05) is 27.2 Å². The zero-order valence-corrected chi connectivity index (χ0v) is 21.3. The fourth-order valence-electron chi connectivity index (χ4n) is 5.56. The Morgan fingerprint density at radius 3 is 2.36 bits per heavy atom. The second-order valence-electron chi connectivity index (χ2n) is 10.1. The van der Waals surface area contributed by atoms with E-state index in [2.05, 4.69) is 33.4 Å². The van der Waals surface area contributed by atoms with E-state index in [9.17, 15) is 19.2 Å². The molecule has 2 saturated heterocycles. The molecule has 1 aromatic rings. The van der Waals surface area contributed by atoms with Crippen molar-refractivity contribution < 1.29 is 19.2 Å². The van der Waals surface area contributed by atoms with Crippen LogP contribution < -0.4 is 21.3 Å². The summed E-state index contributed by atoms with van der Waals surface area (Å²) in [5.41, 5.74) is 1.22. The van der Waals surface area contributed by atoms with Crippen LogP contribution in [0.3, 0.4) is 0 Å². The summed E-state index contributed by atoms with van der Waals surface area (Å²) in [6.07, 6.45) is 3.78. The molecule has 2 heterocycles. The molecule has 10 heteroatoms. The van der Waals surface area contributed by atoms with E-state index in [1.807, 2.05) is 18.2 Å². The minimum absolute atomic E-state index is 0.0525. The lowest BCUT2D eigenvalue weighted by atomic mass is 9.75. The van der Waals surface area contributed by atoms with Crippen molar-refractivity contribution in [1.29, 1.82) is 0 Å². The maximum Gasteiger partial charge on any atom is 0.317 e. The SMILES string of the molecule is CNC(=O)N1CC[C@H]2CC[C@@H](C(=O)N[C@H]3CC[C@@H]3c3ccccc3)N2C(=O)C(NC(=O)[C@H](C)NC)C1. The molecule has 10 nitrogen and oxygen atoms in total. The Morgan fingerprint density at radius 1 is 0.972 bits per heavy atom. The van der Waals surface area contributed by atoms with Gasteiger partial charge in [-0.1, -0.05) is 30.3 Å². The molecule has 1 saturated carbocycles. The van der Waals surface area contributed by atoms with Gasteiger partial charge in [0.1, 0.15) is 12.1 Å². The van der Waals surface area contributed by atoms with E-state index < -0.39 is 18.1 Å². The molecule has 4 N–H and O–H groups in total. The number of fused-ring (bicyclic) bond motifs is 1. The lowest BCUT2D eigenvalue weighted by Crippen LogP contribution is -2.63. The van der Waals surface area contributed by atoms with Crippen LogP contribution in [0, 0.1) is 0 Å². The molecule has 0 radical (unpaired) electrons. The number of benzene rings is 1.